The number of hydrogen-bond acceptors (Lipinski definition) is 13. The Kier molecular flexibility index (Phi) is 10.8. The monoisotopic (exact) mass is 721 g/mol. The van der Waals surface area contributed by atoms with Gasteiger partial charge in [-0.05, 0) is 61.2 Å². The molecule has 0 heterocycles. The number of aliphatic hydroxyl groups is 3. The van der Waals surface area contributed by atoms with Gasteiger partial charge in [-0.3, -0.25) is 24.1 Å². The highest BCUT2D eigenvalue weighted by atomic mass is 16.7. The predicted octanol–water partition coefficient (Wildman–Crippen LogP) is 2.53. The Morgan fingerprint density at radius 1 is 1.02 bits per heavy atom. The predicted molar refractivity (Wildman–Crippen MR) is 184 cm³/mol. The molecule has 3 aliphatic carbocycles. The van der Waals surface area contributed by atoms with E-state index in [1.54, 1.807) is 58.3 Å². The van der Waals surface area contributed by atoms with Crippen LogP contribution in [-0.2, 0) is 41.6 Å². The summed E-state index contributed by atoms with van der Waals surface area (Å²) < 4.78 is 15.2. The molecule has 15 nitrogen and oxygen atoms in total. The highest BCUT2D eigenvalue weighted by Gasteiger charge is 2.63. The van der Waals surface area contributed by atoms with Crippen molar-refractivity contribution in [3.05, 3.63) is 75.8 Å². The van der Waals surface area contributed by atoms with E-state index in [4.69, 9.17) is 19.9 Å². The Morgan fingerprint density at radius 3 is 2.29 bits per heavy atom. The number of Topliss-reactive ketones (excluding diaryl/α,β-unsaturated/α-hetero) is 2. The lowest BCUT2D eigenvalue weighted by Crippen LogP contribution is -2.63. The molecule has 2 aromatic rings. The highest BCUT2D eigenvalue weighted by molar-refractivity contribution is 6.25. The molecule has 0 spiro atoms. The maximum absolute atomic E-state index is 14.1. The summed E-state index contributed by atoms with van der Waals surface area (Å²) in [5, 5.41) is 45.3. The fourth-order valence-corrected chi connectivity index (χ4v) is 7.36. The fourth-order valence-electron chi connectivity index (χ4n) is 7.36. The second-order valence-corrected chi connectivity index (χ2v) is 13.7. The molecule has 0 aliphatic heterocycles. The molecule has 0 fully saturated rings. The number of primary amides is 1. The van der Waals surface area contributed by atoms with Gasteiger partial charge in [-0.25, -0.2) is 4.79 Å². The van der Waals surface area contributed by atoms with E-state index < -0.39 is 76.9 Å². The lowest BCUT2D eigenvalue weighted by Gasteiger charge is -2.50. The van der Waals surface area contributed by atoms with Crippen LogP contribution < -0.4 is 5.73 Å². The second-order valence-electron chi connectivity index (χ2n) is 13.7. The molecular weight excluding hydrogens is 678 g/mol. The summed E-state index contributed by atoms with van der Waals surface area (Å²) in [6.45, 7) is 3.35. The molecule has 0 radical (unpaired) electrons. The van der Waals surface area contributed by atoms with Crippen LogP contribution >= 0.6 is 0 Å². The molecule has 3 aliphatic rings. The minimum Gasteiger partial charge on any atom is -0.510 e. The van der Waals surface area contributed by atoms with Crippen molar-refractivity contribution < 1.29 is 58.6 Å². The second kappa shape index (κ2) is 14.8. The molecule has 278 valence electrons. The number of nitrogens with two attached hydrogens (primary N) is 1. The van der Waals surface area contributed by atoms with Crippen molar-refractivity contribution >= 4 is 29.5 Å². The van der Waals surface area contributed by atoms with Gasteiger partial charge in [-0.2, -0.15) is 0 Å². The number of amides is 2. The van der Waals surface area contributed by atoms with E-state index in [-0.39, 0.29) is 55.3 Å². The summed E-state index contributed by atoms with van der Waals surface area (Å²) in [7, 11) is 4.63. The third-order valence-electron chi connectivity index (χ3n) is 9.92. The van der Waals surface area contributed by atoms with Crippen LogP contribution in [0.3, 0.4) is 0 Å². The lowest BCUT2D eigenvalue weighted by molar-refractivity contribution is -0.156. The fraction of sp³-hybridized carbons (Fsp3) is 0.432. The van der Waals surface area contributed by atoms with E-state index in [1.807, 2.05) is 0 Å². The van der Waals surface area contributed by atoms with Crippen molar-refractivity contribution in [2.75, 3.05) is 41.1 Å². The van der Waals surface area contributed by atoms with E-state index in [1.165, 1.54) is 23.0 Å². The number of aliphatic hydroxyl groups excluding tert-OH is 2. The molecule has 52 heavy (non-hydrogen) atoms. The van der Waals surface area contributed by atoms with Crippen LogP contribution in [0.2, 0.25) is 0 Å². The number of nitrogens with zero attached hydrogens (tertiary/aromatic N) is 2. The standard InChI is InChI=1S/C37H43N3O12/c1-18(2)35(47)51-17-52-36(48)40(12-13-50-5)16-19-6-8-20(9-7-19)22-10-11-25(41)27-23(22)14-21-15-24-29(39(3)4)31(43)28(34(38)46)33(45)37(24,49)32(44)26(21)30(27)42/h6-11,18,21,24,29,41,43-44,49H,12-17H2,1-5H3,(H2,38,46)/t21-,24-,29-,37-/m0/s1. The highest BCUT2D eigenvalue weighted by Crippen LogP contribution is 2.53. The first-order valence-corrected chi connectivity index (χ1v) is 16.7. The quantitative estimate of drug-likeness (QED) is 0.128. The van der Waals surface area contributed by atoms with Crippen LogP contribution in [0.1, 0.15) is 41.8 Å². The van der Waals surface area contributed by atoms with Crippen molar-refractivity contribution in [1.29, 1.82) is 0 Å². The summed E-state index contributed by atoms with van der Waals surface area (Å²) >= 11 is 0. The summed E-state index contributed by atoms with van der Waals surface area (Å²) in [5.74, 6) is -8.07. The van der Waals surface area contributed by atoms with Gasteiger partial charge in [0.05, 0.1) is 24.1 Å². The zero-order chi connectivity index (χ0) is 38.2. The van der Waals surface area contributed by atoms with E-state index in [2.05, 4.69) is 0 Å². The van der Waals surface area contributed by atoms with Gasteiger partial charge in [0.1, 0.15) is 22.8 Å². The van der Waals surface area contributed by atoms with Gasteiger partial charge in [0.25, 0.3) is 5.91 Å². The molecule has 0 saturated heterocycles. The van der Waals surface area contributed by atoms with Crippen LogP contribution in [0.4, 0.5) is 4.79 Å². The molecule has 0 aromatic heterocycles. The van der Waals surface area contributed by atoms with Gasteiger partial charge >= 0.3 is 12.1 Å². The number of fused-ring (bicyclic) bond motifs is 3. The van der Waals surface area contributed by atoms with Gasteiger partial charge in [-0.1, -0.05) is 44.2 Å². The smallest absolute Gasteiger partial charge is 0.413 e. The SMILES string of the molecule is COCCN(Cc1ccc(-c2ccc(O)c3c2C[C@H]2C[C@H]4[C@H](N(C)C)C(O)=C(C(N)=O)C(=O)[C@@]4(O)C(O)=C2C3=O)cc1)C(=O)OCOC(=O)C(C)C. The number of aromatic hydroxyl groups is 1. The van der Waals surface area contributed by atoms with Crippen molar-refractivity contribution in [3.8, 4) is 16.9 Å². The van der Waals surface area contributed by atoms with E-state index in [9.17, 15) is 44.4 Å². The molecular formula is C37H43N3O12. The maximum atomic E-state index is 14.1. The number of esters is 1. The van der Waals surface area contributed by atoms with E-state index >= 15 is 0 Å². The van der Waals surface area contributed by atoms with Gasteiger partial charge in [-0.15, -0.1) is 0 Å². The number of carbonyl (C=O) groups is 5. The summed E-state index contributed by atoms with van der Waals surface area (Å²) in [5.41, 5.74) is 3.95. The molecule has 0 bridgehead atoms. The molecule has 0 unspecified atom stereocenters. The Balaban J connectivity index is 1.46. The van der Waals surface area contributed by atoms with Gasteiger partial charge < -0.3 is 45.3 Å². The zero-order valence-corrected chi connectivity index (χ0v) is 29.5. The summed E-state index contributed by atoms with van der Waals surface area (Å²) in [6.07, 6.45) is -0.622. The van der Waals surface area contributed by atoms with Crippen LogP contribution in [0.15, 0.2) is 59.1 Å². The van der Waals surface area contributed by atoms with E-state index in [0.29, 0.717) is 16.7 Å². The van der Waals surface area contributed by atoms with Crippen molar-refractivity contribution in [1.82, 2.24) is 9.80 Å². The lowest BCUT2D eigenvalue weighted by atomic mass is 9.58. The molecule has 2 aromatic carbocycles. The molecule has 5 rings (SSSR count). The van der Waals surface area contributed by atoms with Crippen LogP contribution in [0.25, 0.3) is 11.1 Å². The van der Waals surface area contributed by atoms with Gasteiger partial charge in [0, 0.05) is 31.7 Å². The Bertz CT molecular complexity index is 1870. The number of hydrogen-bond donors (Lipinski definition) is 5. The molecule has 6 N–H and O–H groups in total. The number of phenols is 1. The van der Waals surface area contributed by atoms with Gasteiger partial charge in [0.2, 0.25) is 12.6 Å². The number of benzene rings is 2. The molecule has 0 saturated carbocycles. The maximum Gasteiger partial charge on any atom is 0.413 e. The van der Waals surface area contributed by atoms with Gasteiger partial charge in [0.15, 0.2) is 11.4 Å². The third-order valence-corrected chi connectivity index (χ3v) is 9.92. The molecule has 15 heteroatoms. The first kappa shape index (κ1) is 38.0. The van der Waals surface area contributed by atoms with E-state index in [0.717, 1.165) is 5.56 Å². The van der Waals surface area contributed by atoms with Crippen molar-refractivity contribution in [2.24, 2.45) is 23.5 Å². The molecule has 4 atom stereocenters. The van der Waals surface area contributed by atoms with Crippen molar-refractivity contribution in [3.63, 3.8) is 0 Å². The number of methoxy groups -OCH3 is 1. The number of phenolic OH excluding ortho intramolecular Hbond substituents is 1. The number of ketones is 2. The minimum atomic E-state index is -2.73. The number of carbonyl (C=O) groups excluding carboxylic acids is 5. The Morgan fingerprint density at radius 2 is 1.69 bits per heavy atom. The van der Waals surface area contributed by atoms with Crippen LogP contribution in [-0.4, -0.2) is 113 Å². The Hall–Kier alpha value is -5.25. The number of likely N-dealkylation sites (N-methyl/N-ethyl adjacent to an activating group) is 1. The minimum absolute atomic E-state index is 0.0378. The van der Waals surface area contributed by atoms with Crippen LogP contribution in [0.5, 0.6) is 5.75 Å². The average Bonchev–Trinajstić information content (AvgIpc) is 3.08. The number of rotatable bonds is 11. The first-order chi connectivity index (χ1) is 24.5. The normalized spacial score (nSPS) is 22.6. The first-order valence-electron chi connectivity index (χ1n) is 16.7. The third kappa shape index (κ3) is 6.62. The summed E-state index contributed by atoms with van der Waals surface area (Å²) in [6, 6.07) is 9.04. The number of allylic oxidation sites excluding steroid dienone is 1. The largest absolute Gasteiger partial charge is 0.510 e. The Labute approximate surface area is 299 Å². The van der Waals surface area contributed by atoms with Crippen LogP contribution in [0, 0.1) is 17.8 Å². The number of ether oxygens (including phenoxy) is 3. The summed E-state index contributed by atoms with van der Waals surface area (Å²) in [4.78, 5) is 67.3. The topological polar surface area (TPSA) is 226 Å². The zero-order valence-electron chi connectivity index (χ0n) is 29.5. The molecule has 2 amide bonds. The average molecular weight is 722 g/mol. The van der Waals surface area contributed by atoms with Crippen molar-refractivity contribution in [2.45, 2.75) is 44.9 Å².